The van der Waals surface area contributed by atoms with Gasteiger partial charge in [-0.3, -0.25) is 4.68 Å². The second kappa shape index (κ2) is 2.94. The number of aryl methyl sites for hydroxylation is 1. The number of aromatic nitrogens is 3. The Hall–Kier alpha value is -1.61. The van der Waals surface area contributed by atoms with Crippen molar-refractivity contribution in [1.29, 1.82) is 0 Å². The quantitative estimate of drug-likeness (QED) is 0.580. The van der Waals surface area contributed by atoms with E-state index in [4.69, 9.17) is 11.6 Å². The van der Waals surface area contributed by atoms with E-state index in [9.17, 15) is 0 Å². The molecule has 2 heterocycles. The molecule has 3 rings (SSSR count). The highest BCUT2D eigenvalue weighted by atomic mass is 35.5. The van der Waals surface area contributed by atoms with Crippen molar-refractivity contribution in [2.24, 2.45) is 7.05 Å². The number of benzene rings is 1. The fourth-order valence-electron chi connectivity index (χ4n) is 1.73. The van der Waals surface area contributed by atoms with Gasteiger partial charge in [0.2, 0.25) is 0 Å². The van der Waals surface area contributed by atoms with Gasteiger partial charge >= 0.3 is 0 Å². The van der Waals surface area contributed by atoms with Gasteiger partial charge in [0, 0.05) is 12.4 Å². The lowest BCUT2D eigenvalue weighted by molar-refractivity contribution is 0.788. The topological polar surface area (TPSA) is 30.7 Å². The molecule has 2 aromatic heterocycles. The molecule has 0 saturated carbocycles. The smallest absolute Gasteiger partial charge is 0.159 e. The van der Waals surface area contributed by atoms with Crippen molar-refractivity contribution in [3.8, 4) is 0 Å². The summed E-state index contributed by atoms with van der Waals surface area (Å²) in [6.07, 6.45) is 1.75. The third kappa shape index (κ3) is 1.13. The van der Waals surface area contributed by atoms with Crippen LogP contribution in [-0.2, 0) is 7.05 Å². The minimum atomic E-state index is 0.726. The molecule has 0 radical (unpaired) electrons. The minimum Gasteiger partial charge on any atom is -0.250 e. The molecule has 74 valence electrons. The molecule has 3 nitrogen and oxygen atoms in total. The first-order chi connectivity index (χ1) is 7.27. The predicted molar refractivity (Wildman–Crippen MR) is 61.0 cm³/mol. The highest BCUT2D eigenvalue weighted by molar-refractivity contribution is 6.40. The molecule has 0 saturated heterocycles. The number of pyridine rings is 1. The van der Waals surface area contributed by atoms with E-state index in [1.807, 2.05) is 31.3 Å². The molecule has 0 atom stereocenters. The third-order valence-electron chi connectivity index (χ3n) is 2.51. The van der Waals surface area contributed by atoms with Crippen LogP contribution in [-0.4, -0.2) is 14.8 Å². The van der Waals surface area contributed by atoms with Crippen molar-refractivity contribution >= 4 is 33.5 Å². The molecule has 0 N–H and O–H groups in total. The van der Waals surface area contributed by atoms with E-state index in [1.165, 1.54) is 0 Å². The maximum absolute atomic E-state index is 6.29. The summed E-state index contributed by atoms with van der Waals surface area (Å²) in [7, 11) is 1.86. The zero-order valence-corrected chi connectivity index (χ0v) is 8.86. The van der Waals surface area contributed by atoms with Crippen molar-refractivity contribution in [3.63, 3.8) is 0 Å². The first kappa shape index (κ1) is 8.68. The Balaban J connectivity index is 2.61. The number of para-hydroxylation sites is 1. The average molecular weight is 218 g/mol. The lowest BCUT2D eigenvalue weighted by atomic mass is 10.2. The Labute approximate surface area is 91.3 Å². The molecular formula is C11H8ClN3. The molecule has 0 spiro atoms. The standard InChI is InChI=1S/C11H8ClN3/c1-15-11-8(6-13-15)10(12)7-4-2-3-5-9(7)14-11/h2-6H,1H3. The Kier molecular flexibility index (Phi) is 1.70. The van der Waals surface area contributed by atoms with Crippen LogP contribution >= 0.6 is 11.6 Å². The maximum atomic E-state index is 6.29. The normalized spacial score (nSPS) is 11.3. The van der Waals surface area contributed by atoms with E-state index in [0.29, 0.717) is 0 Å². The fourth-order valence-corrected chi connectivity index (χ4v) is 2.03. The summed E-state index contributed by atoms with van der Waals surface area (Å²) < 4.78 is 1.73. The van der Waals surface area contributed by atoms with Crippen molar-refractivity contribution in [1.82, 2.24) is 14.8 Å². The van der Waals surface area contributed by atoms with Gasteiger partial charge in [0.25, 0.3) is 0 Å². The maximum Gasteiger partial charge on any atom is 0.159 e. The molecule has 0 aliphatic rings. The molecule has 1 aromatic carbocycles. The molecule has 0 unspecified atom stereocenters. The molecule has 0 aliphatic heterocycles. The van der Waals surface area contributed by atoms with Gasteiger partial charge < -0.3 is 0 Å². The van der Waals surface area contributed by atoms with E-state index >= 15 is 0 Å². The number of rotatable bonds is 0. The molecule has 15 heavy (non-hydrogen) atoms. The van der Waals surface area contributed by atoms with E-state index in [1.54, 1.807) is 10.9 Å². The monoisotopic (exact) mass is 217 g/mol. The molecule has 0 amide bonds. The number of hydrogen-bond acceptors (Lipinski definition) is 2. The van der Waals surface area contributed by atoms with Crippen molar-refractivity contribution in [2.75, 3.05) is 0 Å². The highest BCUT2D eigenvalue weighted by Gasteiger charge is 2.09. The van der Waals surface area contributed by atoms with Crippen molar-refractivity contribution in [3.05, 3.63) is 35.5 Å². The summed E-state index contributed by atoms with van der Waals surface area (Å²) in [4.78, 5) is 4.51. The van der Waals surface area contributed by atoms with Crippen molar-refractivity contribution in [2.45, 2.75) is 0 Å². The van der Waals surface area contributed by atoms with Crippen LogP contribution < -0.4 is 0 Å². The van der Waals surface area contributed by atoms with Gasteiger partial charge in [-0.05, 0) is 6.07 Å². The van der Waals surface area contributed by atoms with Crippen LogP contribution in [0.4, 0.5) is 0 Å². The van der Waals surface area contributed by atoms with Crippen LogP contribution in [0.3, 0.4) is 0 Å². The second-order valence-corrected chi connectivity index (χ2v) is 3.83. The Morgan fingerprint density at radius 2 is 2.00 bits per heavy atom. The van der Waals surface area contributed by atoms with Gasteiger partial charge in [-0.15, -0.1) is 0 Å². The third-order valence-corrected chi connectivity index (χ3v) is 2.92. The summed E-state index contributed by atoms with van der Waals surface area (Å²) in [5, 5.41) is 6.75. The van der Waals surface area contributed by atoms with Crippen LogP contribution in [0.1, 0.15) is 0 Å². The highest BCUT2D eigenvalue weighted by Crippen LogP contribution is 2.29. The number of fused-ring (bicyclic) bond motifs is 2. The summed E-state index contributed by atoms with van der Waals surface area (Å²) in [6.45, 7) is 0. The molecule has 3 aromatic rings. The fraction of sp³-hybridized carbons (Fsp3) is 0.0909. The zero-order valence-electron chi connectivity index (χ0n) is 8.11. The summed E-state index contributed by atoms with van der Waals surface area (Å²) in [5.41, 5.74) is 1.72. The van der Waals surface area contributed by atoms with E-state index < -0.39 is 0 Å². The van der Waals surface area contributed by atoms with Gasteiger partial charge in [0.15, 0.2) is 5.65 Å². The van der Waals surface area contributed by atoms with E-state index in [-0.39, 0.29) is 0 Å². The van der Waals surface area contributed by atoms with Crippen molar-refractivity contribution < 1.29 is 0 Å². The van der Waals surface area contributed by atoms with E-state index in [2.05, 4.69) is 10.1 Å². The largest absolute Gasteiger partial charge is 0.250 e. The number of hydrogen-bond donors (Lipinski definition) is 0. The van der Waals surface area contributed by atoms with Crippen LogP contribution in [0, 0.1) is 0 Å². The van der Waals surface area contributed by atoms with Crippen LogP contribution in [0.15, 0.2) is 30.5 Å². The SMILES string of the molecule is Cn1ncc2c(Cl)c3ccccc3nc21. The zero-order chi connectivity index (χ0) is 10.4. The predicted octanol–water partition coefficient (Wildman–Crippen LogP) is 2.77. The summed E-state index contributed by atoms with van der Waals surface area (Å²) in [5.74, 6) is 0. The lowest BCUT2D eigenvalue weighted by Gasteiger charge is -2.01. The second-order valence-electron chi connectivity index (χ2n) is 3.45. The molecule has 0 fully saturated rings. The first-order valence-corrected chi connectivity index (χ1v) is 5.01. The van der Waals surface area contributed by atoms with Gasteiger partial charge in [0.05, 0.1) is 22.1 Å². The molecule has 0 bridgehead atoms. The van der Waals surface area contributed by atoms with Gasteiger partial charge in [-0.1, -0.05) is 29.8 Å². The van der Waals surface area contributed by atoms with Gasteiger partial charge in [-0.2, -0.15) is 5.10 Å². The summed E-state index contributed by atoms with van der Waals surface area (Å²) >= 11 is 6.29. The summed E-state index contributed by atoms with van der Waals surface area (Å²) in [6, 6.07) is 7.83. The van der Waals surface area contributed by atoms with Gasteiger partial charge in [0.1, 0.15) is 0 Å². The van der Waals surface area contributed by atoms with E-state index in [0.717, 1.165) is 27.0 Å². The molecule has 4 heteroatoms. The molecule has 0 aliphatic carbocycles. The Bertz CT molecular complexity index is 657. The van der Waals surface area contributed by atoms with Crippen LogP contribution in [0.5, 0.6) is 0 Å². The first-order valence-electron chi connectivity index (χ1n) is 4.63. The lowest BCUT2D eigenvalue weighted by Crippen LogP contribution is -1.92. The van der Waals surface area contributed by atoms with Crippen LogP contribution in [0.2, 0.25) is 5.02 Å². The number of halogens is 1. The number of nitrogens with zero attached hydrogens (tertiary/aromatic N) is 3. The van der Waals surface area contributed by atoms with Crippen LogP contribution in [0.25, 0.3) is 21.9 Å². The van der Waals surface area contributed by atoms with Gasteiger partial charge in [-0.25, -0.2) is 4.98 Å². The Morgan fingerprint density at radius 1 is 1.20 bits per heavy atom. The Morgan fingerprint density at radius 3 is 2.87 bits per heavy atom. The minimum absolute atomic E-state index is 0.726. The molecular weight excluding hydrogens is 210 g/mol. The average Bonchev–Trinajstić information content (AvgIpc) is 2.62.